The fourth-order valence-corrected chi connectivity index (χ4v) is 2.90. The third kappa shape index (κ3) is 3.64. The molecule has 0 saturated heterocycles. The Labute approximate surface area is 143 Å². The van der Waals surface area contributed by atoms with Crippen LogP contribution in [0, 0.1) is 0 Å². The lowest BCUT2D eigenvalue weighted by Gasteiger charge is -2.20. The van der Waals surface area contributed by atoms with Gasteiger partial charge in [-0.25, -0.2) is 0 Å². The molecule has 0 unspecified atom stereocenters. The summed E-state index contributed by atoms with van der Waals surface area (Å²) in [5.74, 6) is 1.15. The van der Waals surface area contributed by atoms with Gasteiger partial charge in [-0.05, 0) is 38.2 Å². The van der Waals surface area contributed by atoms with E-state index in [0.29, 0.717) is 17.2 Å². The summed E-state index contributed by atoms with van der Waals surface area (Å²) in [6, 6.07) is 3.81. The van der Waals surface area contributed by atoms with Crippen molar-refractivity contribution in [3.8, 4) is 11.5 Å². The minimum absolute atomic E-state index is 0.546. The zero-order chi connectivity index (χ0) is 17.5. The van der Waals surface area contributed by atoms with Crippen molar-refractivity contribution >= 4 is 22.3 Å². The summed E-state index contributed by atoms with van der Waals surface area (Å²) in [4.78, 5) is 6.89. The Morgan fingerprint density at radius 3 is 2.50 bits per heavy atom. The third-order valence-electron chi connectivity index (χ3n) is 4.27. The molecule has 0 atom stereocenters. The molecular weight excluding hydrogens is 304 g/mol. The van der Waals surface area contributed by atoms with E-state index in [1.54, 1.807) is 20.4 Å². The second kappa shape index (κ2) is 8.59. The fourth-order valence-electron chi connectivity index (χ4n) is 2.90. The van der Waals surface area contributed by atoms with E-state index in [2.05, 4.69) is 29.0 Å². The van der Waals surface area contributed by atoms with Gasteiger partial charge in [-0.15, -0.1) is 0 Å². The van der Waals surface area contributed by atoms with Gasteiger partial charge in [0.1, 0.15) is 5.69 Å². The Kier molecular flexibility index (Phi) is 6.49. The van der Waals surface area contributed by atoms with Gasteiger partial charge in [-0.3, -0.25) is 4.98 Å². The number of nitrogens with zero attached hydrogens (tertiary/aromatic N) is 2. The van der Waals surface area contributed by atoms with E-state index in [1.165, 1.54) is 0 Å². The predicted octanol–water partition coefficient (Wildman–Crippen LogP) is 2.98. The number of rotatable bonds is 9. The smallest absolute Gasteiger partial charge is 0.188 e. The lowest BCUT2D eigenvalue weighted by molar-refractivity contribution is 0.303. The summed E-state index contributed by atoms with van der Waals surface area (Å²) >= 11 is 0. The van der Waals surface area contributed by atoms with Crippen molar-refractivity contribution in [1.82, 2.24) is 9.88 Å². The molecule has 6 nitrogen and oxygen atoms in total. The second-order valence-corrected chi connectivity index (χ2v) is 5.56. The van der Waals surface area contributed by atoms with Crippen molar-refractivity contribution in [2.24, 2.45) is 0 Å². The van der Waals surface area contributed by atoms with Crippen LogP contribution in [0.3, 0.4) is 0 Å². The largest absolute Gasteiger partial charge is 0.491 e. The predicted molar refractivity (Wildman–Crippen MR) is 100 cm³/mol. The van der Waals surface area contributed by atoms with Crippen LogP contribution in [0.5, 0.6) is 11.5 Å². The Morgan fingerprint density at radius 1 is 1.17 bits per heavy atom. The standard InChI is InChI=1S/C18H28N4O2/c1-5-22(6-2)12-8-11-21-16-15-13(9-7-10-20-15)14(19)17(23-3)18(16)24-4/h7,9-10,21H,5-6,8,11-12,19H2,1-4H3. The van der Waals surface area contributed by atoms with Crippen molar-refractivity contribution in [1.29, 1.82) is 0 Å². The van der Waals surface area contributed by atoms with E-state index in [9.17, 15) is 0 Å². The molecular formula is C18H28N4O2. The Bertz CT molecular complexity index is 672. The maximum Gasteiger partial charge on any atom is 0.188 e. The van der Waals surface area contributed by atoms with E-state index in [4.69, 9.17) is 15.2 Å². The molecule has 0 fully saturated rings. The molecule has 24 heavy (non-hydrogen) atoms. The average Bonchev–Trinajstić information content (AvgIpc) is 2.63. The molecule has 0 aliphatic rings. The number of nitrogens with two attached hydrogens (primary N) is 1. The van der Waals surface area contributed by atoms with Gasteiger partial charge in [0, 0.05) is 18.1 Å². The molecule has 0 aliphatic carbocycles. The number of ether oxygens (including phenoxy) is 2. The van der Waals surface area contributed by atoms with Crippen LogP contribution < -0.4 is 20.5 Å². The SMILES string of the molecule is CCN(CC)CCCNc1c(OC)c(OC)c(N)c2cccnc12. The second-order valence-electron chi connectivity index (χ2n) is 5.56. The summed E-state index contributed by atoms with van der Waals surface area (Å²) in [5.41, 5.74) is 8.41. The van der Waals surface area contributed by atoms with Gasteiger partial charge in [-0.2, -0.15) is 0 Å². The van der Waals surface area contributed by atoms with Crippen LogP contribution in [0.2, 0.25) is 0 Å². The summed E-state index contributed by atoms with van der Waals surface area (Å²) in [5, 5.41) is 4.33. The molecule has 0 spiro atoms. The molecule has 0 amide bonds. The number of hydrogen-bond acceptors (Lipinski definition) is 6. The Balaban J connectivity index is 2.29. The first kappa shape index (κ1) is 18.1. The molecule has 0 radical (unpaired) electrons. The number of benzene rings is 1. The molecule has 1 aromatic carbocycles. The number of aromatic nitrogens is 1. The van der Waals surface area contributed by atoms with Crippen molar-refractivity contribution in [2.45, 2.75) is 20.3 Å². The Morgan fingerprint density at radius 2 is 1.88 bits per heavy atom. The first-order chi connectivity index (χ1) is 11.7. The number of hydrogen-bond donors (Lipinski definition) is 2. The van der Waals surface area contributed by atoms with E-state index in [0.717, 1.165) is 49.2 Å². The van der Waals surface area contributed by atoms with Gasteiger partial charge in [-0.1, -0.05) is 13.8 Å². The van der Waals surface area contributed by atoms with E-state index in [-0.39, 0.29) is 0 Å². The Hall–Kier alpha value is -2.21. The molecule has 3 N–H and O–H groups in total. The molecule has 0 saturated carbocycles. The van der Waals surface area contributed by atoms with E-state index in [1.807, 2.05) is 12.1 Å². The quantitative estimate of drug-likeness (QED) is 0.543. The van der Waals surface area contributed by atoms with Gasteiger partial charge < -0.3 is 25.4 Å². The van der Waals surface area contributed by atoms with Crippen LogP contribution >= 0.6 is 0 Å². The molecule has 2 rings (SSSR count). The molecule has 0 aliphatic heterocycles. The van der Waals surface area contributed by atoms with Crippen molar-refractivity contribution in [2.75, 3.05) is 51.4 Å². The van der Waals surface area contributed by atoms with Gasteiger partial charge in [0.2, 0.25) is 0 Å². The number of anilines is 2. The normalized spacial score (nSPS) is 11.0. The zero-order valence-corrected chi connectivity index (χ0v) is 15.1. The van der Waals surface area contributed by atoms with Crippen LogP contribution in [0.15, 0.2) is 18.3 Å². The van der Waals surface area contributed by atoms with E-state index >= 15 is 0 Å². The summed E-state index contributed by atoms with van der Waals surface area (Å²) in [6.07, 6.45) is 2.79. The fraction of sp³-hybridized carbons (Fsp3) is 0.500. The highest BCUT2D eigenvalue weighted by atomic mass is 16.5. The number of methoxy groups -OCH3 is 2. The van der Waals surface area contributed by atoms with Gasteiger partial charge in [0.05, 0.1) is 25.4 Å². The van der Waals surface area contributed by atoms with Crippen molar-refractivity contribution in [3.63, 3.8) is 0 Å². The van der Waals surface area contributed by atoms with Gasteiger partial charge in [0.15, 0.2) is 11.5 Å². The topological polar surface area (TPSA) is 72.6 Å². The maximum absolute atomic E-state index is 6.23. The molecule has 6 heteroatoms. The first-order valence-corrected chi connectivity index (χ1v) is 8.42. The number of fused-ring (bicyclic) bond motifs is 1. The van der Waals surface area contributed by atoms with Crippen LogP contribution in [-0.2, 0) is 0 Å². The van der Waals surface area contributed by atoms with Crippen LogP contribution in [0.1, 0.15) is 20.3 Å². The molecule has 1 heterocycles. The van der Waals surface area contributed by atoms with Crippen molar-refractivity contribution < 1.29 is 9.47 Å². The molecule has 2 aromatic rings. The highest BCUT2D eigenvalue weighted by Crippen LogP contribution is 2.45. The highest BCUT2D eigenvalue weighted by molar-refractivity contribution is 6.04. The number of nitrogen functional groups attached to an aromatic ring is 1. The van der Waals surface area contributed by atoms with E-state index < -0.39 is 0 Å². The summed E-state index contributed by atoms with van der Waals surface area (Å²) in [6.45, 7) is 8.38. The van der Waals surface area contributed by atoms with Gasteiger partial charge in [0.25, 0.3) is 0 Å². The molecule has 1 aromatic heterocycles. The van der Waals surface area contributed by atoms with Gasteiger partial charge >= 0.3 is 0 Å². The van der Waals surface area contributed by atoms with Crippen LogP contribution in [0.25, 0.3) is 10.9 Å². The average molecular weight is 332 g/mol. The first-order valence-electron chi connectivity index (χ1n) is 8.42. The monoisotopic (exact) mass is 332 g/mol. The van der Waals surface area contributed by atoms with Crippen molar-refractivity contribution in [3.05, 3.63) is 18.3 Å². The maximum atomic E-state index is 6.23. The van der Waals surface area contributed by atoms with Crippen LogP contribution in [-0.4, -0.2) is 50.3 Å². The minimum atomic E-state index is 0.546. The lowest BCUT2D eigenvalue weighted by Crippen LogP contribution is -2.25. The third-order valence-corrected chi connectivity index (χ3v) is 4.27. The zero-order valence-electron chi connectivity index (χ0n) is 15.1. The number of nitrogens with one attached hydrogen (secondary N) is 1. The molecule has 132 valence electrons. The summed E-state index contributed by atoms with van der Waals surface area (Å²) in [7, 11) is 3.22. The highest BCUT2D eigenvalue weighted by Gasteiger charge is 2.20. The minimum Gasteiger partial charge on any atom is -0.491 e. The lowest BCUT2D eigenvalue weighted by atomic mass is 10.1. The number of pyridine rings is 1. The molecule has 0 bridgehead atoms. The van der Waals surface area contributed by atoms with Crippen LogP contribution in [0.4, 0.5) is 11.4 Å². The summed E-state index contributed by atoms with van der Waals surface area (Å²) < 4.78 is 11.0.